The largest absolute Gasteiger partial charge is 0.469 e. The third kappa shape index (κ3) is 2.47. The molecule has 1 aliphatic heterocycles. The summed E-state index contributed by atoms with van der Waals surface area (Å²) in [4.78, 5) is 11.7. The van der Waals surface area contributed by atoms with Gasteiger partial charge in [-0.3, -0.25) is 4.79 Å². The van der Waals surface area contributed by atoms with Gasteiger partial charge < -0.3 is 10.1 Å². The fourth-order valence-corrected chi connectivity index (χ4v) is 2.41. The molecule has 0 saturated carbocycles. The van der Waals surface area contributed by atoms with E-state index in [0.717, 1.165) is 13.0 Å². The van der Waals surface area contributed by atoms with Crippen molar-refractivity contribution in [2.75, 3.05) is 20.2 Å². The van der Waals surface area contributed by atoms with E-state index in [0.29, 0.717) is 12.1 Å². The lowest BCUT2D eigenvalue weighted by Crippen LogP contribution is -2.40. The first-order chi connectivity index (χ1) is 8.24. The van der Waals surface area contributed by atoms with Crippen LogP contribution in [0.3, 0.4) is 0 Å². The second-order valence-corrected chi connectivity index (χ2v) is 4.25. The molecule has 2 atom stereocenters. The average Bonchev–Trinajstić information content (AvgIpc) is 2.38. The van der Waals surface area contributed by atoms with E-state index >= 15 is 0 Å². The summed E-state index contributed by atoms with van der Waals surface area (Å²) in [6, 6.07) is 6.65. The summed E-state index contributed by atoms with van der Waals surface area (Å²) >= 11 is 0. The molecule has 1 aromatic carbocycles. The number of hydrogen-bond acceptors (Lipinski definition) is 3. The van der Waals surface area contributed by atoms with Crippen molar-refractivity contribution in [3.63, 3.8) is 0 Å². The topological polar surface area (TPSA) is 38.3 Å². The number of benzene rings is 1. The Bertz CT molecular complexity index is 408. The van der Waals surface area contributed by atoms with Gasteiger partial charge in [-0.1, -0.05) is 18.2 Å². The Balaban J connectivity index is 2.28. The normalized spacial score (nSPS) is 24.4. The highest BCUT2D eigenvalue weighted by Gasteiger charge is 2.33. The van der Waals surface area contributed by atoms with Gasteiger partial charge in [0.25, 0.3) is 0 Å². The molecule has 1 N–H and O–H groups in total. The van der Waals surface area contributed by atoms with E-state index in [1.165, 1.54) is 13.2 Å². The Labute approximate surface area is 100.0 Å². The monoisotopic (exact) mass is 237 g/mol. The lowest BCUT2D eigenvalue weighted by molar-refractivity contribution is -0.146. The molecule has 0 spiro atoms. The van der Waals surface area contributed by atoms with Gasteiger partial charge in [0.1, 0.15) is 5.82 Å². The predicted octanol–water partition coefficient (Wildman–Crippen LogP) is 1.69. The molecule has 1 saturated heterocycles. The Morgan fingerprint density at radius 2 is 2.24 bits per heavy atom. The van der Waals surface area contributed by atoms with Crippen molar-refractivity contribution in [2.45, 2.75) is 12.3 Å². The van der Waals surface area contributed by atoms with E-state index in [1.54, 1.807) is 18.2 Å². The first-order valence-corrected chi connectivity index (χ1v) is 5.77. The molecule has 0 radical (unpaired) electrons. The summed E-state index contributed by atoms with van der Waals surface area (Å²) in [5.41, 5.74) is 0.615. The number of carbonyl (C=O) groups is 1. The zero-order chi connectivity index (χ0) is 12.3. The zero-order valence-electron chi connectivity index (χ0n) is 9.78. The Hall–Kier alpha value is -1.42. The number of carbonyl (C=O) groups excluding carboxylic acids is 1. The van der Waals surface area contributed by atoms with Crippen LogP contribution in [0.15, 0.2) is 24.3 Å². The summed E-state index contributed by atoms with van der Waals surface area (Å²) in [6.45, 7) is 1.35. The number of halogens is 1. The number of ether oxygens (including phenoxy) is 1. The van der Waals surface area contributed by atoms with Crippen molar-refractivity contribution in [1.82, 2.24) is 5.32 Å². The van der Waals surface area contributed by atoms with Crippen molar-refractivity contribution in [3.05, 3.63) is 35.6 Å². The van der Waals surface area contributed by atoms with Crippen LogP contribution in [0.2, 0.25) is 0 Å². The lowest BCUT2D eigenvalue weighted by atomic mass is 9.81. The van der Waals surface area contributed by atoms with Crippen LogP contribution in [-0.2, 0) is 9.53 Å². The second-order valence-electron chi connectivity index (χ2n) is 4.25. The number of piperidine rings is 1. The van der Waals surface area contributed by atoms with E-state index < -0.39 is 0 Å². The van der Waals surface area contributed by atoms with Gasteiger partial charge in [0.05, 0.1) is 13.0 Å². The van der Waals surface area contributed by atoms with Gasteiger partial charge in [-0.15, -0.1) is 0 Å². The molecule has 0 aromatic heterocycles. The Morgan fingerprint density at radius 3 is 2.94 bits per heavy atom. The molecule has 0 bridgehead atoms. The number of rotatable bonds is 2. The SMILES string of the molecule is COC(=O)[C@H]1CNCC[C@H]1c1ccccc1F. The van der Waals surface area contributed by atoms with Gasteiger partial charge in [0.2, 0.25) is 0 Å². The molecule has 3 nitrogen and oxygen atoms in total. The minimum Gasteiger partial charge on any atom is -0.469 e. The summed E-state index contributed by atoms with van der Waals surface area (Å²) in [5, 5.41) is 3.15. The Kier molecular flexibility index (Phi) is 3.74. The maximum atomic E-state index is 13.7. The highest BCUT2D eigenvalue weighted by Crippen LogP contribution is 2.32. The average molecular weight is 237 g/mol. The maximum absolute atomic E-state index is 13.7. The molecule has 0 aliphatic carbocycles. The highest BCUT2D eigenvalue weighted by atomic mass is 19.1. The third-order valence-electron chi connectivity index (χ3n) is 3.29. The summed E-state index contributed by atoms with van der Waals surface area (Å²) in [5.74, 6) is -0.908. The van der Waals surface area contributed by atoms with Crippen LogP contribution < -0.4 is 5.32 Å². The smallest absolute Gasteiger partial charge is 0.310 e. The van der Waals surface area contributed by atoms with Crippen molar-refractivity contribution in [2.24, 2.45) is 5.92 Å². The summed E-state index contributed by atoms with van der Waals surface area (Å²) in [6.07, 6.45) is 0.751. The van der Waals surface area contributed by atoms with E-state index in [-0.39, 0.29) is 23.6 Å². The molecule has 1 heterocycles. The fourth-order valence-electron chi connectivity index (χ4n) is 2.41. The summed E-state index contributed by atoms with van der Waals surface area (Å²) < 4.78 is 18.5. The standard InChI is InChI=1S/C13H16FNO2/c1-17-13(16)11-8-15-7-6-9(11)10-4-2-3-5-12(10)14/h2-5,9,11,15H,6-8H2,1H3/t9-,11-/m0/s1. The van der Waals surface area contributed by atoms with Gasteiger partial charge in [-0.2, -0.15) is 0 Å². The molecule has 2 rings (SSSR count). The number of esters is 1. The predicted molar refractivity (Wildman–Crippen MR) is 62.1 cm³/mol. The molecule has 17 heavy (non-hydrogen) atoms. The maximum Gasteiger partial charge on any atom is 0.310 e. The quantitative estimate of drug-likeness (QED) is 0.795. The van der Waals surface area contributed by atoms with Crippen LogP contribution in [0.4, 0.5) is 4.39 Å². The number of hydrogen-bond donors (Lipinski definition) is 1. The van der Waals surface area contributed by atoms with E-state index in [4.69, 9.17) is 4.74 Å². The summed E-state index contributed by atoms with van der Waals surface area (Å²) in [7, 11) is 1.37. The van der Waals surface area contributed by atoms with Crippen LogP contribution in [0, 0.1) is 11.7 Å². The molecule has 0 amide bonds. The van der Waals surface area contributed by atoms with Gasteiger partial charge in [0.15, 0.2) is 0 Å². The van der Waals surface area contributed by atoms with Crippen molar-refractivity contribution in [3.8, 4) is 0 Å². The van der Waals surface area contributed by atoms with E-state index in [1.807, 2.05) is 0 Å². The van der Waals surface area contributed by atoms with Crippen LogP contribution in [0.5, 0.6) is 0 Å². The second kappa shape index (κ2) is 5.27. The molecule has 92 valence electrons. The van der Waals surface area contributed by atoms with Gasteiger partial charge >= 0.3 is 5.97 Å². The molecule has 1 aliphatic rings. The lowest BCUT2D eigenvalue weighted by Gasteiger charge is -2.30. The van der Waals surface area contributed by atoms with E-state index in [9.17, 15) is 9.18 Å². The van der Waals surface area contributed by atoms with Crippen LogP contribution in [-0.4, -0.2) is 26.2 Å². The fraction of sp³-hybridized carbons (Fsp3) is 0.462. The minimum atomic E-state index is -0.300. The molecule has 1 aromatic rings. The highest BCUT2D eigenvalue weighted by molar-refractivity contribution is 5.74. The van der Waals surface area contributed by atoms with E-state index in [2.05, 4.69) is 5.32 Å². The molecule has 1 fully saturated rings. The molecule has 0 unspecified atom stereocenters. The first-order valence-electron chi connectivity index (χ1n) is 5.77. The Morgan fingerprint density at radius 1 is 1.47 bits per heavy atom. The number of methoxy groups -OCH3 is 1. The molecular weight excluding hydrogens is 221 g/mol. The van der Waals surface area contributed by atoms with Gasteiger partial charge in [0, 0.05) is 12.5 Å². The zero-order valence-corrected chi connectivity index (χ0v) is 9.78. The molecule has 4 heteroatoms. The first kappa shape index (κ1) is 12.0. The number of nitrogens with one attached hydrogen (secondary N) is 1. The van der Waals surface area contributed by atoms with Gasteiger partial charge in [-0.25, -0.2) is 4.39 Å². The van der Waals surface area contributed by atoms with Crippen LogP contribution in [0.1, 0.15) is 17.9 Å². The molecular formula is C13H16FNO2. The minimum absolute atomic E-state index is 0.0927. The van der Waals surface area contributed by atoms with Crippen molar-refractivity contribution < 1.29 is 13.9 Å². The third-order valence-corrected chi connectivity index (χ3v) is 3.29. The van der Waals surface area contributed by atoms with Crippen LogP contribution >= 0.6 is 0 Å². The van der Waals surface area contributed by atoms with Gasteiger partial charge in [-0.05, 0) is 24.6 Å². The van der Waals surface area contributed by atoms with Crippen LogP contribution in [0.25, 0.3) is 0 Å². The van der Waals surface area contributed by atoms with Crippen molar-refractivity contribution >= 4 is 5.97 Å². The van der Waals surface area contributed by atoms with Crippen molar-refractivity contribution in [1.29, 1.82) is 0 Å².